The molecule has 3 aliphatic rings. The number of nitrogens with one attached hydrogen (secondary N) is 1. The molecule has 2 atom stereocenters. The second-order valence-corrected chi connectivity index (χ2v) is 6.62. The van der Waals surface area contributed by atoms with E-state index in [1.807, 2.05) is 0 Å². The lowest BCUT2D eigenvalue weighted by Crippen LogP contribution is -2.34. The number of hydrogen-bond acceptors (Lipinski definition) is 2. The Morgan fingerprint density at radius 2 is 1.90 bits per heavy atom. The first kappa shape index (κ1) is 14.4. The molecule has 0 amide bonds. The van der Waals surface area contributed by atoms with Crippen LogP contribution in [0.15, 0.2) is 18.2 Å². The minimum Gasteiger partial charge on any atom is -0.310 e. The molecule has 1 N–H and O–H groups in total. The number of benzene rings is 1. The Morgan fingerprint density at radius 1 is 1.05 bits per heavy atom. The first-order valence-corrected chi connectivity index (χ1v) is 7.96. The van der Waals surface area contributed by atoms with E-state index >= 15 is 0 Å². The quantitative estimate of drug-likeness (QED) is 0.902. The van der Waals surface area contributed by atoms with Crippen molar-refractivity contribution in [3.05, 3.63) is 34.9 Å². The van der Waals surface area contributed by atoms with Crippen molar-refractivity contribution < 1.29 is 0 Å². The van der Waals surface area contributed by atoms with Gasteiger partial charge in [0.25, 0.3) is 0 Å². The van der Waals surface area contributed by atoms with Crippen LogP contribution in [0, 0.1) is 0 Å². The molecule has 0 spiro atoms. The fraction of sp³-hybridized carbons (Fsp3) is 0.647. The summed E-state index contributed by atoms with van der Waals surface area (Å²) in [5, 5.41) is 3.77. The van der Waals surface area contributed by atoms with E-state index in [4.69, 9.17) is 0 Å². The van der Waals surface area contributed by atoms with E-state index in [0.29, 0.717) is 0 Å². The van der Waals surface area contributed by atoms with Gasteiger partial charge in [-0.2, -0.15) is 0 Å². The summed E-state index contributed by atoms with van der Waals surface area (Å²) >= 11 is 0. The molecule has 2 nitrogen and oxygen atoms in total. The summed E-state index contributed by atoms with van der Waals surface area (Å²) in [5.41, 5.74) is 4.74. The van der Waals surface area contributed by atoms with Crippen LogP contribution in [-0.4, -0.2) is 30.1 Å². The minimum atomic E-state index is 0. The van der Waals surface area contributed by atoms with Crippen LogP contribution in [0.1, 0.15) is 42.4 Å². The highest BCUT2D eigenvalue weighted by Crippen LogP contribution is 2.25. The second kappa shape index (κ2) is 6.05. The lowest BCUT2D eigenvalue weighted by atomic mass is 10.0. The van der Waals surface area contributed by atoms with Crippen LogP contribution in [0.25, 0.3) is 0 Å². The van der Waals surface area contributed by atoms with E-state index in [2.05, 4.69) is 28.4 Å². The van der Waals surface area contributed by atoms with Gasteiger partial charge in [0, 0.05) is 31.7 Å². The van der Waals surface area contributed by atoms with Crippen LogP contribution in [0.3, 0.4) is 0 Å². The van der Waals surface area contributed by atoms with E-state index in [1.165, 1.54) is 57.2 Å². The van der Waals surface area contributed by atoms with Crippen LogP contribution in [0.5, 0.6) is 0 Å². The van der Waals surface area contributed by atoms with Crippen LogP contribution < -0.4 is 5.32 Å². The molecule has 2 unspecified atom stereocenters. The lowest BCUT2D eigenvalue weighted by Gasteiger charge is -2.24. The number of hydrogen-bond donors (Lipinski definition) is 1. The molecule has 1 aromatic carbocycles. The summed E-state index contributed by atoms with van der Waals surface area (Å²) in [7, 11) is 0. The maximum atomic E-state index is 3.77. The van der Waals surface area contributed by atoms with Crippen molar-refractivity contribution in [2.75, 3.05) is 13.1 Å². The third-order valence-corrected chi connectivity index (χ3v) is 5.18. The zero-order valence-corrected chi connectivity index (χ0v) is 12.9. The molecule has 3 heteroatoms. The van der Waals surface area contributed by atoms with Gasteiger partial charge in [0.15, 0.2) is 0 Å². The average Bonchev–Trinajstić information content (AvgIpc) is 2.98. The number of aryl methyl sites for hydroxylation is 2. The van der Waals surface area contributed by atoms with Gasteiger partial charge in [-0.3, -0.25) is 4.90 Å². The standard InChI is InChI=1S/C17H24N2.ClH/c1-2-14-5-4-13(10-15(14)3-1)11-19-9-8-16-6-7-17(12-19)18-16;/h4-5,10,16-18H,1-3,6-9,11-12H2;1H. The Morgan fingerprint density at radius 3 is 2.85 bits per heavy atom. The Balaban J connectivity index is 0.00000121. The third kappa shape index (κ3) is 2.88. The molecule has 2 bridgehead atoms. The fourth-order valence-electron chi connectivity index (χ4n) is 4.14. The van der Waals surface area contributed by atoms with Crippen LogP contribution in [0.2, 0.25) is 0 Å². The maximum absolute atomic E-state index is 3.77. The van der Waals surface area contributed by atoms with Gasteiger partial charge in [0.1, 0.15) is 0 Å². The van der Waals surface area contributed by atoms with Gasteiger partial charge in [-0.25, -0.2) is 0 Å². The van der Waals surface area contributed by atoms with Gasteiger partial charge in [-0.15, -0.1) is 12.4 Å². The van der Waals surface area contributed by atoms with Crippen LogP contribution in [0.4, 0.5) is 0 Å². The van der Waals surface area contributed by atoms with Crippen molar-refractivity contribution >= 4 is 12.4 Å². The molecule has 2 heterocycles. The summed E-state index contributed by atoms with van der Waals surface area (Å²) in [6.45, 7) is 3.66. The van der Waals surface area contributed by atoms with E-state index < -0.39 is 0 Å². The van der Waals surface area contributed by atoms with E-state index in [9.17, 15) is 0 Å². The van der Waals surface area contributed by atoms with Crippen molar-refractivity contribution in [2.24, 2.45) is 0 Å². The summed E-state index contributed by atoms with van der Waals surface area (Å²) < 4.78 is 0. The maximum Gasteiger partial charge on any atom is 0.0234 e. The van der Waals surface area contributed by atoms with Crippen molar-refractivity contribution in [2.45, 2.75) is 57.2 Å². The molecule has 1 aliphatic carbocycles. The molecule has 2 aliphatic heterocycles. The van der Waals surface area contributed by atoms with Crippen LogP contribution in [-0.2, 0) is 19.4 Å². The summed E-state index contributed by atoms with van der Waals surface area (Å²) in [5.74, 6) is 0. The number of rotatable bonds is 2. The molecule has 4 rings (SSSR count). The monoisotopic (exact) mass is 292 g/mol. The Hall–Kier alpha value is -0.570. The van der Waals surface area contributed by atoms with Gasteiger partial charge >= 0.3 is 0 Å². The molecule has 2 fully saturated rings. The predicted octanol–water partition coefficient (Wildman–Crippen LogP) is 2.92. The molecule has 110 valence electrons. The highest BCUT2D eigenvalue weighted by molar-refractivity contribution is 5.85. The van der Waals surface area contributed by atoms with Gasteiger partial charge in [0.2, 0.25) is 0 Å². The summed E-state index contributed by atoms with van der Waals surface area (Å²) in [6, 6.07) is 8.76. The highest BCUT2D eigenvalue weighted by atomic mass is 35.5. The van der Waals surface area contributed by atoms with Gasteiger partial charge < -0.3 is 5.32 Å². The lowest BCUT2D eigenvalue weighted by molar-refractivity contribution is 0.251. The first-order chi connectivity index (χ1) is 9.37. The first-order valence-electron chi connectivity index (χ1n) is 7.96. The molecular formula is C17H25ClN2. The Labute approximate surface area is 128 Å². The van der Waals surface area contributed by atoms with Gasteiger partial charge in [-0.1, -0.05) is 18.2 Å². The number of halogens is 1. The number of nitrogens with zero attached hydrogens (tertiary/aromatic N) is 1. The summed E-state index contributed by atoms with van der Waals surface area (Å²) in [6.07, 6.45) is 8.07. The molecule has 2 saturated heterocycles. The van der Waals surface area contributed by atoms with Crippen molar-refractivity contribution in [3.63, 3.8) is 0 Å². The molecular weight excluding hydrogens is 268 g/mol. The smallest absolute Gasteiger partial charge is 0.0234 e. The van der Waals surface area contributed by atoms with Crippen LogP contribution >= 0.6 is 12.4 Å². The topological polar surface area (TPSA) is 15.3 Å². The zero-order valence-electron chi connectivity index (χ0n) is 12.1. The Bertz CT molecular complexity index is 474. The largest absolute Gasteiger partial charge is 0.310 e. The fourth-order valence-corrected chi connectivity index (χ4v) is 4.14. The molecule has 0 radical (unpaired) electrons. The van der Waals surface area contributed by atoms with E-state index in [1.54, 1.807) is 11.1 Å². The van der Waals surface area contributed by atoms with E-state index in [-0.39, 0.29) is 12.4 Å². The molecule has 0 saturated carbocycles. The average molecular weight is 293 g/mol. The van der Waals surface area contributed by atoms with Crippen molar-refractivity contribution in [1.29, 1.82) is 0 Å². The van der Waals surface area contributed by atoms with Crippen molar-refractivity contribution in [3.8, 4) is 0 Å². The molecule has 0 aromatic heterocycles. The Kier molecular flexibility index (Phi) is 4.34. The second-order valence-electron chi connectivity index (χ2n) is 6.62. The van der Waals surface area contributed by atoms with Gasteiger partial charge in [-0.05, 0) is 55.2 Å². The minimum absolute atomic E-state index is 0. The highest BCUT2D eigenvalue weighted by Gasteiger charge is 2.29. The van der Waals surface area contributed by atoms with Crippen molar-refractivity contribution in [1.82, 2.24) is 10.2 Å². The third-order valence-electron chi connectivity index (χ3n) is 5.18. The van der Waals surface area contributed by atoms with E-state index in [0.717, 1.165) is 18.6 Å². The number of likely N-dealkylation sites (tertiary alicyclic amines) is 1. The molecule has 1 aromatic rings. The normalized spacial score (nSPS) is 28.8. The number of fused-ring (bicyclic) bond motifs is 3. The zero-order chi connectivity index (χ0) is 12.7. The van der Waals surface area contributed by atoms with Gasteiger partial charge in [0.05, 0.1) is 0 Å². The predicted molar refractivity (Wildman–Crippen MR) is 85.6 cm³/mol. The summed E-state index contributed by atoms with van der Waals surface area (Å²) in [4.78, 5) is 2.66. The molecule has 20 heavy (non-hydrogen) atoms. The SMILES string of the molecule is Cl.c1cc2c(cc1CN1CCC3CCC(C1)N3)CCC2.